The summed E-state index contributed by atoms with van der Waals surface area (Å²) < 4.78 is 37.2. The number of benzene rings is 4. The van der Waals surface area contributed by atoms with Gasteiger partial charge in [-0.2, -0.15) is 0 Å². The van der Waals surface area contributed by atoms with Crippen LogP contribution in [0, 0.1) is 11.8 Å². The van der Waals surface area contributed by atoms with E-state index in [4.69, 9.17) is 21.7 Å². The molecule has 0 heterocycles. The number of esters is 2. The number of thiocarbonyl (C=S) groups is 1. The van der Waals surface area contributed by atoms with Crippen molar-refractivity contribution in [2.45, 2.75) is 29.1 Å². The molecule has 0 aliphatic heterocycles. The molecule has 2 unspecified atom stereocenters. The second-order valence-electron chi connectivity index (χ2n) is 12.2. The van der Waals surface area contributed by atoms with E-state index >= 15 is 0 Å². The van der Waals surface area contributed by atoms with E-state index < -0.39 is 62.7 Å². The lowest BCUT2D eigenvalue weighted by atomic mass is 9.93. The summed E-state index contributed by atoms with van der Waals surface area (Å²) >= 11 is 5.45. The molecule has 0 saturated carbocycles. The van der Waals surface area contributed by atoms with Crippen LogP contribution in [-0.4, -0.2) is 68.5 Å². The highest BCUT2D eigenvalue weighted by Gasteiger charge is 2.44. The molecule has 0 bridgehead atoms. The zero-order valence-electron chi connectivity index (χ0n) is 28.2. The van der Waals surface area contributed by atoms with E-state index in [0.29, 0.717) is 17.5 Å². The van der Waals surface area contributed by atoms with Gasteiger partial charge in [0.05, 0.1) is 40.8 Å². The molecule has 2 aliphatic carbocycles. The first-order valence-corrected chi connectivity index (χ1v) is 18.1. The number of Topliss-reactive ketones (excluding diaryl/α,β-unsaturated/α-hetero) is 4. The first-order chi connectivity index (χ1) is 25.3. The minimum absolute atomic E-state index is 0.0352. The van der Waals surface area contributed by atoms with E-state index in [0.717, 1.165) is 18.2 Å². The monoisotopic (exact) mass is 751 g/mol. The maximum absolute atomic E-state index is 13.8. The third kappa shape index (κ3) is 6.62. The number of rotatable bonds is 11. The van der Waals surface area contributed by atoms with Gasteiger partial charge in [-0.15, -0.1) is 0 Å². The molecule has 12 nitrogen and oxygen atoms in total. The molecule has 1 amide bonds. The molecule has 6 rings (SSSR count). The fraction of sp³-hybridized carbons (Fsp3) is 0.179. The molecule has 2 atom stereocenters. The second-order valence-corrected chi connectivity index (χ2v) is 14.6. The van der Waals surface area contributed by atoms with Gasteiger partial charge in [-0.25, -0.2) is 18.0 Å². The lowest BCUT2D eigenvalue weighted by Crippen LogP contribution is -2.31. The van der Waals surface area contributed by atoms with Crippen molar-refractivity contribution < 1.29 is 51.5 Å². The predicted octanol–water partition coefficient (Wildman–Crippen LogP) is 4.85. The lowest BCUT2D eigenvalue weighted by molar-refractivity contribution is -0.120. The van der Waals surface area contributed by atoms with E-state index in [1.807, 2.05) is 0 Å². The van der Waals surface area contributed by atoms with Crippen LogP contribution < -0.4 is 5.32 Å². The molecule has 14 heteroatoms. The number of hydrogen-bond donors (Lipinski definition) is 1. The minimum Gasteiger partial charge on any atom is -0.465 e. The van der Waals surface area contributed by atoms with Gasteiger partial charge < -0.3 is 14.8 Å². The van der Waals surface area contributed by atoms with E-state index in [1.165, 1.54) is 44.6 Å². The van der Waals surface area contributed by atoms with Crippen LogP contribution >= 0.6 is 12.2 Å². The topological polar surface area (TPSA) is 184 Å². The number of sulfone groups is 1. The number of carbonyl (C=O) groups excluding carboxylic acids is 7. The molecule has 4 aromatic rings. The van der Waals surface area contributed by atoms with Gasteiger partial charge in [0.2, 0.25) is 15.7 Å². The molecular weight excluding hydrogens is 723 g/mol. The van der Waals surface area contributed by atoms with Crippen molar-refractivity contribution in [1.82, 2.24) is 0 Å². The van der Waals surface area contributed by atoms with E-state index in [1.54, 1.807) is 36.4 Å². The van der Waals surface area contributed by atoms with Crippen LogP contribution in [0.4, 0.5) is 5.69 Å². The molecule has 4 aromatic carbocycles. The van der Waals surface area contributed by atoms with Crippen molar-refractivity contribution in [2.24, 2.45) is 11.8 Å². The number of methoxy groups -OCH3 is 2. The average Bonchev–Trinajstić information content (AvgIpc) is 3.57. The van der Waals surface area contributed by atoms with Crippen LogP contribution in [0.2, 0.25) is 0 Å². The molecule has 0 saturated heterocycles. The zero-order valence-corrected chi connectivity index (χ0v) is 29.8. The molecule has 0 fully saturated rings. The van der Waals surface area contributed by atoms with E-state index in [-0.39, 0.29) is 61.0 Å². The van der Waals surface area contributed by atoms with Crippen LogP contribution in [0.1, 0.15) is 75.8 Å². The number of nitrogens with one attached hydrogen (secondary N) is 1. The Balaban J connectivity index is 1.19. The summed E-state index contributed by atoms with van der Waals surface area (Å²) in [5.41, 5.74) is 0.914. The van der Waals surface area contributed by atoms with Crippen LogP contribution in [0.5, 0.6) is 0 Å². The summed E-state index contributed by atoms with van der Waals surface area (Å²) in [5.74, 6) is -8.11. The van der Waals surface area contributed by atoms with Gasteiger partial charge in [-0.05, 0) is 66.9 Å². The van der Waals surface area contributed by atoms with Crippen LogP contribution in [0.15, 0.2) is 94.7 Å². The molecule has 2 aliphatic rings. The smallest absolute Gasteiger partial charge is 0.339 e. The Bertz CT molecular complexity index is 2420. The third-order valence-electron chi connectivity index (χ3n) is 9.18. The highest BCUT2D eigenvalue weighted by molar-refractivity contribution is 7.91. The summed E-state index contributed by atoms with van der Waals surface area (Å²) in [6.07, 6.45) is 0.409. The maximum atomic E-state index is 13.8. The van der Waals surface area contributed by atoms with Gasteiger partial charge in [-0.1, -0.05) is 48.6 Å². The maximum Gasteiger partial charge on any atom is 0.339 e. The van der Waals surface area contributed by atoms with Crippen molar-refractivity contribution in [3.63, 3.8) is 0 Å². The van der Waals surface area contributed by atoms with Crippen molar-refractivity contribution in [1.29, 1.82) is 0 Å². The molecule has 0 spiro atoms. The Morgan fingerprint density at radius 3 is 1.87 bits per heavy atom. The number of para-hydroxylation sites is 1. The van der Waals surface area contributed by atoms with Crippen molar-refractivity contribution >= 4 is 73.6 Å². The molecule has 0 aromatic heterocycles. The number of aryl methyl sites for hydroxylation is 1. The van der Waals surface area contributed by atoms with Gasteiger partial charge >= 0.3 is 11.9 Å². The number of anilines is 1. The molecule has 268 valence electrons. The number of carbonyl (C=O) groups is 7. The van der Waals surface area contributed by atoms with Crippen molar-refractivity contribution in [3.05, 3.63) is 124 Å². The SMILES string of the molecule is COC(=O)c1ccccc1CCCC(=O)C1C(=O)c2ccc(S(=O)(=O)c3ccc4c(c3)C(=O)C(C(=O)Nc3ccccc3C(=O)OC)C4=S)cc2C1=O. The highest BCUT2D eigenvalue weighted by Crippen LogP contribution is 2.35. The lowest BCUT2D eigenvalue weighted by Gasteiger charge is -2.12. The van der Waals surface area contributed by atoms with Crippen LogP contribution in [0.25, 0.3) is 0 Å². The van der Waals surface area contributed by atoms with Gasteiger partial charge in [0.1, 0.15) is 11.8 Å². The average molecular weight is 752 g/mol. The van der Waals surface area contributed by atoms with Gasteiger partial charge in [-0.3, -0.25) is 24.0 Å². The number of ether oxygens (including phenoxy) is 2. The summed E-state index contributed by atoms with van der Waals surface area (Å²) in [6, 6.07) is 19.7. The van der Waals surface area contributed by atoms with Gasteiger partial charge in [0.25, 0.3) is 0 Å². The van der Waals surface area contributed by atoms with Gasteiger partial charge in [0, 0.05) is 33.5 Å². The first-order valence-electron chi connectivity index (χ1n) is 16.2. The fourth-order valence-electron chi connectivity index (χ4n) is 6.48. The minimum atomic E-state index is -4.40. The Labute approximate surface area is 308 Å². The summed E-state index contributed by atoms with van der Waals surface area (Å²) in [6.45, 7) is 0. The Kier molecular flexibility index (Phi) is 10.1. The summed E-state index contributed by atoms with van der Waals surface area (Å²) in [5, 5.41) is 2.54. The van der Waals surface area contributed by atoms with Crippen molar-refractivity contribution in [3.8, 4) is 0 Å². The molecule has 1 N–H and O–H groups in total. The standard InChI is InChI=1S/C39H29NO11S2/c1-50-38(46)23-10-4-3-8-20(23)9-7-13-30(41)31-33(42)24-16-14-21(18-27(24)34(31)43)53(48,49)22-15-17-25-28(19-22)35(44)32(36(25)52)37(45)40-29-12-6-5-11-26(29)39(47)51-2/h3-6,8,10-12,14-19,31-32H,7,9,13H2,1-2H3,(H,40,45). The number of hydrogen-bond acceptors (Lipinski definition) is 12. The highest BCUT2D eigenvalue weighted by atomic mass is 32.2. The Hall–Kier alpha value is -5.99. The normalized spacial score (nSPS) is 16.2. The van der Waals surface area contributed by atoms with E-state index in [9.17, 15) is 42.0 Å². The first kappa shape index (κ1) is 36.8. The van der Waals surface area contributed by atoms with Crippen LogP contribution in [-0.2, 0) is 35.3 Å². The Morgan fingerprint density at radius 1 is 0.679 bits per heavy atom. The van der Waals surface area contributed by atoms with Crippen LogP contribution in [0.3, 0.4) is 0 Å². The van der Waals surface area contributed by atoms with Crippen molar-refractivity contribution in [2.75, 3.05) is 19.5 Å². The molecule has 0 radical (unpaired) electrons. The summed E-state index contributed by atoms with van der Waals surface area (Å²) in [7, 11) is -1.96. The summed E-state index contributed by atoms with van der Waals surface area (Å²) in [4.78, 5) is 90.1. The predicted molar refractivity (Wildman–Crippen MR) is 192 cm³/mol. The number of fused-ring (bicyclic) bond motifs is 2. The number of amides is 1. The molecular formula is C39H29NO11S2. The number of ketones is 4. The quantitative estimate of drug-likeness (QED) is 0.125. The Morgan fingerprint density at radius 2 is 1.21 bits per heavy atom. The zero-order chi connectivity index (χ0) is 38.2. The van der Waals surface area contributed by atoms with E-state index in [2.05, 4.69) is 5.32 Å². The largest absolute Gasteiger partial charge is 0.465 e. The fourth-order valence-corrected chi connectivity index (χ4v) is 8.18. The molecule has 53 heavy (non-hydrogen) atoms. The second kappa shape index (κ2) is 14.6. The van der Waals surface area contributed by atoms with Gasteiger partial charge in [0.15, 0.2) is 23.1 Å². The third-order valence-corrected chi connectivity index (χ3v) is 11.4.